The molecular weight excluding hydrogens is 354 g/mol. The molecule has 0 spiro atoms. The number of hydrogen-bond acceptors (Lipinski definition) is 5. The minimum atomic E-state index is -3.72. The molecule has 8 heteroatoms. The first kappa shape index (κ1) is 18.4. The third-order valence-electron chi connectivity index (χ3n) is 3.94. The number of nitrogens with one attached hydrogen (secondary N) is 2. The van der Waals surface area contributed by atoms with Gasteiger partial charge in [-0.1, -0.05) is 0 Å². The summed E-state index contributed by atoms with van der Waals surface area (Å²) >= 11 is 0. The maximum atomic E-state index is 11.8. The highest BCUT2D eigenvalue weighted by atomic mass is 32.2. The molecule has 7 nitrogen and oxygen atoms in total. The van der Waals surface area contributed by atoms with Gasteiger partial charge in [-0.25, -0.2) is 13.6 Å². The van der Waals surface area contributed by atoms with E-state index in [2.05, 4.69) is 10.6 Å². The molecule has 2 aromatic carbocycles. The van der Waals surface area contributed by atoms with Crippen molar-refractivity contribution in [3.8, 4) is 11.5 Å². The second-order valence-electron chi connectivity index (χ2n) is 6.27. The number of benzene rings is 2. The van der Waals surface area contributed by atoms with E-state index in [-0.39, 0.29) is 10.8 Å². The van der Waals surface area contributed by atoms with Gasteiger partial charge >= 0.3 is 0 Å². The Kier molecular flexibility index (Phi) is 5.55. The van der Waals surface area contributed by atoms with Crippen LogP contribution in [0.2, 0.25) is 0 Å². The monoisotopic (exact) mass is 375 g/mol. The van der Waals surface area contributed by atoms with E-state index in [0.717, 1.165) is 12.5 Å². The number of anilines is 1. The number of sulfonamides is 1. The highest BCUT2D eigenvalue weighted by molar-refractivity contribution is 7.89. The molecule has 0 heterocycles. The second-order valence-corrected chi connectivity index (χ2v) is 7.83. The number of carbonyl (C=O) groups excluding carboxylic acids is 1. The van der Waals surface area contributed by atoms with E-state index in [1.807, 2.05) is 0 Å². The van der Waals surface area contributed by atoms with Crippen molar-refractivity contribution in [2.75, 3.05) is 18.4 Å². The SMILES string of the molecule is NS(=O)(=O)c1ccc(Oc2ccc(NC(=O)CNCC3CC3)cc2)cc1. The van der Waals surface area contributed by atoms with Gasteiger partial charge < -0.3 is 15.4 Å². The highest BCUT2D eigenvalue weighted by Gasteiger charge is 2.20. The molecule has 0 saturated heterocycles. The summed E-state index contributed by atoms with van der Waals surface area (Å²) in [7, 11) is -3.72. The second kappa shape index (κ2) is 7.86. The molecule has 1 aliphatic rings. The molecule has 2 aromatic rings. The van der Waals surface area contributed by atoms with Crippen molar-refractivity contribution >= 4 is 21.6 Å². The van der Waals surface area contributed by atoms with Crippen molar-refractivity contribution in [2.24, 2.45) is 11.1 Å². The molecule has 0 aromatic heterocycles. The third kappa shape index (κ3) is 5.55. The smallest absolute Gasteiger partial charge is 0.238 e. The number of carbonyl (C=O) groups is 1. The van der Waals surface area contributed by atoms with Gasteiger partial charge in [-0.05, 0) is 73.8 Å². The average molecular weight is 375 g/mol. The number of nitrogens with two attached hydrogens (primary N) is 1. The molecule has 1 fully saturated rings. The van der Waals surface area contributed by atoms with E-state index in [1.165, 1.54) is 37.1 Å². The van der Waals surface area contributed by atoms with Crippen LogP contribution in [0.4, 0.5) is 5.69 Å². The van der Waals surface area contributed by atoms with Crippen molar-refractivity contribution in [3.63, 3.8) is 0 Å². The Bertz CT molecular complexity index is 860. The average Bonchev–Trinajstić information content (AvgIpc) is 3.41. The molecule has 4 N–H and O–H groups in total. The Balaban J connectivity index is 1.51. The summed E-state index contributed by atoms with van der Waals surface area (Å²) in [6, 6.07) is 12.8. The van der Waals surface area contributed by atoms with Gasteiger partial charge in [0.15, 0.2) is 0 Å². The van der Waals surface area contributed by atoms with E-state index in [9.17, 15) is 13.2 Å². The summed E-state index contributed by atoms with van der Waals surface area (Å²) in [4.78, 5) is 11.9. The fourth-order valence-electron chi connectivity index (χ4n) is 2.36. The van der Waals surface area contributed by atoms with Crippen LogP contribution < -0.4 is 20.5 Å². The number of primary sulfonamides is 1. The fourth-order valence-corrected chi connectivity index (χ4v) is 2.87. The molecule has 0 aliphatic heterocycles. The molecule has 138 valence electrons. The molecule has 0 radical (unpaired) electrons. The van der Waals surface area contributed by atoms with Crippen LogP contribution in [0.3, 0.4) is 0 Å². The zero-order chi connectivity index (χ0) is 18.6. The minimum Gasteiger partial charge on any atom is -0.457 e. The lowest BCUT2D eigenvalue weighted by atomic mass is 10.3. The van der Waals surface area contributed by atoms with Crippen LogP contribution >= 0.6 is 0 Å². The van der Waals surface area contributed by atoms with Crippen LogP contribution in [0.5, 0.6) is 11.5 Å². The van der Waals surface area contributed by atoms with Crippen LogP contribution in [0.15, 0.2) is 53.4 Å². The van der Waals surface area contributed by atoms with Crippen LogP contribution in [-0.4, -0.2) is 27.4 Å². The van der Waals surface area contributed by atoms with E-state index in [0.29, 0.717) is 23.7 Å². The first-order chi connectivity index (χ1) is 12.4. The minimum absolute atomic E-state index is 0.0261. The van der Waals surface area contributed by atoms with Gasteiger partial charge in [0.1, 0.15) is 11.5 Å². The summed E-state index contributed by atoms with van der Waals surface area (Å²) in [5.41, 5.74) is 0.681. The molecule has 1 saturated carbocycles. The van der Waals surface area contributed by atoms with Crippen molar-refractivity contribution in [1.82, 2.24) is 5.32 Å². The van der Waals surface area contributed by atoms with Crippen molar-refractivity contribution < 1.29 is 17.9 Å². The summed E-state index contributed by atoms with van der Waals surface area (Å²) in [5, 5.41) is 11.0. The van der Waals surface area contributed by atoms with Crippen LogP contribution in [0, 0.1) is 5.92 Å². The van der Waals surface area contributed by atoms with Gasteiger partial charge in [0.25, 0.3) is 0 Å². The summed E-state index contributed by atoms with van der Waals surface area (Å²) in [6.45, 7) is 1.19. The standard InChI is InChI=1S/C18H21N3O4S/c19-26(23,24)17-9-7-16(8-10-17)25-15-5-3-14(4-6-15)21-18(22)12-20-11-13-1-2-13/h3-10,13,20H,1-2,11-12H2,(H,21,22)(H2,19,23,24). The number of amides is 1. The van der Waals surface area contributed by atoms with E-state index < -0.39 is 10.0 Å². The molecule has 0 bridgehead atoms. The lowest BCUT2D eigenvalue weighted by Gasteiger charge is -2.09. The van der Waals surface area contributed by atoms with E-state index in [1.54, 1.807) is 24.3 Å². The lowest BCUT2D eigenvalue weighted by molar-refractivity contribution is -0.115. The molecule has 0 unspecified atom stereocenters. The molecule has 26 heavy (non-hydrogen) atoms. The Hall–Kier alpha value is -2.42. The van der Waals surface area contributed by atoms with Crippen molar-refractivity contribution in [2.45, 2.75) is 17.7 Å². The number of hydrogen-bond donors (Lipinski definition) is 3. The topological polar surface area (TPSA) is 111 Å². The molecule has 0 atom stereocenters. The van der Waals surface area contributed by atoms with Crippen molar-refractivity contribution in [3.05, 3.63) is 48.5 Å². The summed E-state index contributed by atoms with van der Waals surface area (Å²) in [6.07, 6.45) is 2.50. The largest absolute Gasteiger partial charge is 0.457 e. The Labute approximate surface area is 152 Å². The quantitative estimate of drug-likeness (QED) is 0.654. The van der Waals surface area contributed by atoms with Crippen LogP contribution in [0.1, 0.15) is 12.8 Å². The summed E-state index contributed by atoms with van der Waals surface area (Å²) in [5.74, 6) is 1.70. The van der Waals surface area contributed by atoms with Gasteiger partial charge in [0.05, 0.1) is 11.4 Å². The van der Waals surface area contributed by atoms with E-state index >= 15 is 0 Å². The van der Waals surface area contributed by atoms with Crippen molar-refractivity contribution in [1.29, 1.82) is 0 Å². The van der Waals surface area contributed by atoms with Gasteiger partial charge in [-0.3, -0.25) is 4.79 Å². The zero-order valence-electron chi connectivity index (χ0n) is 14.1. The van der Waals surface area contributed by atoms with Gasteiger partial charge in [-0.15, -0.1) is 0 Å². The van der Waals surface area contributed by atoms with Gasteiger partial charge in [0.2, 0.25) is 15.9 Å². The third-order valence-corrected chi connectivity index (χ3v) is 4.87. The first-order valence-corrected chi connectivity index (χ1v) is 9.86. The maximum absolute atomic E-state index is 11.8. The van der Waals surface area contributed by atoms with Crippen LogP contribution in [-0.2, 0) is 14.8 Å². The van der Waals surface area contributed by atoms with Gasteiger partial charge in [-0.2, -0.15) is 0 Å². The Morgan fingerprint density at radius 1 is 1.04 bits per heavy atom. The van der Waals surface area contributed by atoms with E-state index in [4.69, 9.17) is 9.88 Å². The first-order valence-electron chi connectivity index (χ1n) is 8.31. The molecule has 1 aliphatic carbocycles. The molecule has 3 rings (SSSR count). The number of ether oxygens (including phenoxy) is 1. The predicted octanol–water partition coefficient (Wildman–Crippen LogP) is 2.06. The lowest BCUT2D eigenvalue weighted by Crippen LogP contribution is -2.29. The highest BCUT2D eigenvalue weighted by Crippen LogP contribution is 2.27. The maximum Gasteiger partial charge on any atom is 0.238 e. The predicted molar refractivity (Wildman–Crippen MR) is 98.6 cm³/mol. The zero-order valence-corrected chi connectivity index (χ0v) is 15.0. The fraction of sp³-hybridized carbons (Fsp3) is 0.278. The van der Waals surface area contributed by atoms with Crippen LogP contribution in [0.25, 0.3) is 0 Å². The summed E-state index contributed by atoms with van der Waals surface area (Å²) < 4.78 is 28.1. The number of rotatable bonds is 8. The Morgan fingerprint density at radius 2 is 1.62 bits per heavy atom. The van der Waals surface area contributed by atoms with Gasteiger partial charge in [0, 0.05) is 5.69 Å². The molecule has 1 amide bonds. The Morgan fingerprint density at radius 3 is 2.15 bits per heavy atom. The normalized spacial score (nSPS) is 14.0. The molecular formula is C18H21N3O4S.